The van der Waals surface area contributed by atoms with E-state index in [0.717, 1.165) is 31.9 Å². The Hall–Kier alpha value is -2.25. The molecule has 0 unspecified atom stereocenters. The average Bonchev–Trinajstić information content (AvgIpc) is 3.16. The zero-order valence-corrected chi connectivity index (χ0v) is 14.8. The summed E-state index contributed by atoms with van der Waals surface area (Å²) in [5, 5.41) is 4.20. The lowest BCUT2D eigenvalue weighted by molar-refractivity contribution is 0.0404. The van der Waals surface area contributed by atoms with E-state index in [2.05, 4.69) is 15.0 Å². The Morgan fingerprint density at radius 1 is 1.24 bits per heavy atom. The second-order valence-corrected chi connectivity index (χ2v) is 6.40. The molecule has 0 atom stereocenters. The summed E-state index contributed by atoms with van der Waals surface area (Å²) in [5.74, 6) is -0.0212. The van der Waals surface area contributed by atoms with Crippen LogP contribution in [0.15, 0.2) is 36.8 Å². The minimum atomic E-state index is -0.0212. The van der Waals surface area contributed by atoms with Gasteiger partial charge in [-0.15, -0.1) is 0 Å². The molecule has 7 heteroatoms. The van der Waals surface area contributed by atoms with E-state index in [1.54, 1.807) is 23.1 Å². The first kappa shape index (κ1) is 17.6. The third kappa shape index (κ3) is 4.64. The fraction of sp³-hybridized carbons (Fsp3) is 0.500. The van der Waals surface area contributed by atoms with Crippen LogP contribution in [0.4, 0.5) is 0 Å². The topological polar surface area (TPSA) is 63.5 Å². The van der Waals surface area contributed by atoms with Crippen LogP contribution in [0.25, 0.3) is 5.69 Å². The van der Waals surface area contributed by atoms with Crippen LogP contribution in [0, 0.1) is 0 Å². The zero-order chi connectivity index (χ0) is 17.6. The van der Waals surface area contributed by atoms with Gasteiger partial charge in [-0.05, 0) is 32.0 Å². The van der Waals surface area contributed by atoms with Crippen molar-refractivity contribution in [3.63, 3.8) is 0 Å². The van der Waals surface area contributed by atoms with Crippen LogP contribution in [-0.4, -0.2) is 75.9 Å². The predicted octanol–water partition coefficient (Wildman–Crippen LogP) is 1.45. The Morgan fingerprint density at radius 2 is 2.04 bits per heavy atom. The molecule has 3 heterocycles. The smallest absolute Gasteiger partial charge is 0.272 e. The highest BCUT2D eigenvalue weighted by Crippen LogP contribution is 2.11. The number of hydrogen-bond donors (Lipinski definition) is 0. The molecule has 0 bridgehead atoms. The van der Waals surface area contributed by atoms with Gasteiger partial charge in [-0.1, -0.05) is 0 Å². The summed E-state index contributed by atoms with van der Waals surface area (Å²) in [6.07, 6.45) is 5.48. The first-order valence-electron chi connectivity index (χ1n) is 8.73. The normalized spacial score (nSPS) is 15.7. The molecule has 1 amide bonds. The van der Waals surface area contributed by atoms with Gasteiger partial charge < -0.3 is 9.64 Å². The summed E-state index contributed by atoms with van der Waals surface area (Å²) in [7, 11) is 0. The quantitative estimate of drug-likeness (QED) is 0.794. The Morgan fingerprint density at radius 3 is 2.72 bits per heavy atom. The third-order valence-electron chi connectivity index (χ3n) is 4.25. The molecule has 1 saturated heterocycles. The number of amides is 1. The van der Waals surface area contributed by atoms with Crippen LogP contribution in [0.1, 0.15) is 24.3 Å². The molecule has 0 saturated carbocycles. The highest BCUT2D eigenvalue weighted by molar-refractivity contribution is 5.92. The number of nitrogens with zero attached hydrogens (tertiary/aromatic N) is 5. The van der Waals surface area contributed by atoms with Crippen molar-refractivity contribution >= 4 is 5.91 Å². The van der Waals surface area contributed by atoms with Crippen molar-refractivity contribution in [3.8, 4) is 5.69 Å². The molecular weight excluding hydrogens is 318 g/mol. The van der Waals surface area contributed by atoms with E-state index in [1.165, 1.54) is 0 Å². The van der Waals surface area contributed by atoms with Gasteiger partial charge in [0.15, 0.2) is 0 Å². The van der Waals surface area contributed by atoms with Crippen molar-refractivity contribution < 1.29 is 9.53 Å². The summed E-state index contributed by atoms with van der Waals surface area (Å²) in [4.78, 5) is 21.2. The van der Waals surface area contributed by atoms with Crippen molar-refractivity contribution in [2.24, 2.45) is 0 Å². The maximum absolute atomic E-state index is 12.7. The standard InChI is InChI=1S/C18H25N5O2/c1-15(2)25-13-12-21-8-10-22(11-9-21)18(24)17-14-16(4-6-19-17)23-7-3-5-20-23/h3-7,14-15H,8-13H2,1-2H3. The Labute approximate surface area is 148 Å². The van der Waals surface area contributed by atoms with Gasteiger partial charge in [-0.25, -0.2) is 4.68 Å². The molecule has 0 aliphatic carbocycles. The van der Waals surface area contributed by atoms with Crippen LogP contribution >= 0.6 is 0 Å². The molecule has 0 N–H and O–H groups in total. The van der Waals surface area contributed by atoms with E-state index in [-0.39, 0.29) is 12.0 Å². The first-order chi connectivity index (χ1) is 12.1. The lowest BCUT2D eigenvalue weighted by atomic mass is 10.2. The Kier molecular flexibility index (Phi) is 5.78. The molecule has 7 nitrogen and oxygen atoms in total. The monoisotopic (exact) mass is 343 g/mol. The molecule has 3 rings (SSSR count). The fourth-order valence-corrected chi connectivity index (χ4v) is 2.85. The fourth-order valence-electron chi connectivity index (χ4n) is 2.85. The van der Waals surface area contributed by atoms with Crippen molar-refractivity contribution in [3.05, 3.63) is 42.5 Å². The number of ether oxygens (including phenoxy) is 1. The number of hydrogen-bond acceptors (Lipinski definition) is 5. The van der Waals surface area contributed by atoms with Gasteiger partial charge in [-0.2, -0.15) is 5.10 Å². The van der Waals surface area contributed by atoms with E-state index >= 15 is 0 Å². The minimum absolute atomic E-state index is 0.0212. The Bertz CT molecular complexity index is 679. The van der Waals surface area contributed by atoms with E-state index in [1.807, 2.05) is 37.1 Å². The van der Waals surface area contributed by atoms with Crippen molar-refractivity contribution in [2.75, 3.05) is 39.3 Å². The summed E-state index contributed by atoms with van der Waals surface area (Å²) < 4.78 is 7.32. The largest absolute Gasteiger partial charge is 0.377 e. The maximum atomic E-state index is 12.7. The summed E-state index contributed by atoms with van der Waals surface area (Å²) in [5.41, 5.74) is 1.30. The molecule has 1 aliphatic heterocycles. The van der Waals surface area contributed by atoms with Crippen LogP contribution in [-0.2, 0) is 4.74 Å². The van der Waals surface area contributed by atoms with Gasteiger partial charge in [0.1, 0.15) is 5.69 Å². The lowest BCUT2D eigenvalue weighted by Crippen LogP contribution is -2.49. The zero-order valence-electron chi connectivity index (χ0n) is 14.8. The molecule has 134 valence electrons. The number of aromatic nitrogens is 3. The number of carbonyl (C=O) groups excluding carboxylic acids is 1. The first-order valence-corrected chi connectivity index (χ1v) is 8.73. The van der Waals surface area contributed by atoms with E-state index in [4.69, 9.17) is 4.74 Å². The third-order valence-corrected chi connectivity index (χ3v) is 4.25. The maximum Gasteiger partial charge on any atom is 0.272 e. The van der Waals surface area contributed by atoms with Gasteiger partial charge >= 0.3 is 0 Å². The molecule has 0 aromatic carbocycles. The second-order valence-electron chi connectivity index (χ2n) is 6.40. The van der Waals surface area contributed by atoms with E-state index in [0.29, 0.717) is 18.8 Å². The Balaban J connectivity index is 1.55. The summed E-state index contributed by atoms with van der Waals surface area (Å²) in [6, 6.07) is 5.48. The highest BCUT2D eigenvalue weighted by Gasteiger charge is 2.23. The summed E-state index contributed by atoms with van der Waals surface area (Å²) in [6.45, 7) is 8.90. The lowest BCUT2D eigenvalue weighted by Gasteiger charge is -2.34. The average molecular weight is 343 g/mol. The van der Waals surface area contributed by atoms with Crippen molar-refractivity contribution in [1.29, 1.82) is 0 Å². The molecule has 2 aromatic heterocycles. The minimum Gasteiger partial charge on any atom is -0.377 e. The van der Waals surface area contributed by atoms with Crippen molar-refractivity contribution in [2.45, 2.75) is 20.0 Å². The van der Waals surface area contributed by atoms with Crippen LogP contribution in [0.5, 0.6) is 0 Å². The second kappa shape index (κ2) is 8.22. The molecule has 1 fully saturated rings. The molecule has 1 aliphatic rings. The van der Waals surface area contributed by atoms with Crippen LogP contribution in [0.2, 0.25) is 0 Å². The molecule has 0 spiro atoms. The van der Waals surface area contributed by atoms with Gasteiger partial charge in [0.25, 0.3) is 5.91 Å². The van der Waals surface area contributed by atoms with E-state index < -0.39 is 0 Å². The van der Waals surface area contributed by atoms with E-state index in [9.17, 15) is 4.79 Å². The van der Waals surface area contributed by atoms with Gasteiger partial charge in [0.05, 0.1) is 18.4 Å². The van der Waals surface area contributed by atoms with Crippen LogP contribution in [0.3, 0.4) is 0 Å². The number of carbonyl (C=O) groups is 1. The number of rotatable bonds is 6. The molecule has 25 heavy (non-hydrogen) atoms. The van der Waals surface area contributed by atoms with Gasteiger partial charge in [-0.3, -0.25) is 14.7 Å². The van der Waals surface area contributed by atoms with Gasteiger partial charge in [0.2, 0.25) is 0 Å². The highest BCUT2D eigenvalue weighted by atomic mass is 16.5. The molecular formula is C18H25N5O2. The summed E-state index contributed by atoms with van der Waals surface area (Å²) >= 11 is 0. The number of piperazine rings is 1. The van der Waals surface area contributed by atoms with Crippen molar-refractivity contribution in [1.82, 2.24) is 24.6 Å². The van der Waals surface area contributed by atoms with Gasteiger partial charge in [0, 0.05) is 51.3 Å². The van der Waals surface area contributed by atoms with Crippen LogP contribution < -0.4 is 0 Å². The number of pyridine rings is 1. The predicted molar refractivity (Wildman–Crippen MR) is 94.8 cm³/mol. The molecule has 0 radical (unpaired) electrons. The SMILES string of the molecule is CC(C)OCCN1CCN(C(=O)c2cc(-n3cccn3)ccn2)CC1. The molecule has 2 aromatic rings.